The zero-order chi connectivity index (χ0) is 13.3. The minimum atomic E-state index is -3.34. The van der Waals surface area contributed by atoms with Crippen LogP contribution in [0.2, 0.25) is 0 Å². The Morgan fingerprint density at radius 2 is 2.22 bits per heavy atom. The summed E-state index contributed by atoms with van der Waals surface area (Å²) in [4.78, 5) is 4.20. The second kappa shape index (κ2) is 5.24. The Labute approximate surface area is 112 Å². The van der Waals surface area contributed by atoms with Crippen LogP contribution in [0, 0.1) is 19.8 Å². The van der Waals surface area contributed by atoms with Crippen molar-refractivity contribution < 1.29 is 8.42 Å². The van der Waals surface area contributed by atoms with E-state index in [1.165, 1.54) is 11.3 Å². The maximum absolute atomic E-state index is 12.5. The summed E-state index contributed by atoms with van der Waals surface area (Å²) in [5.41, 5.74) is 0.620. The fourth-order valence-electron chi connectivity index (χ4n) is 2.34. The maximum atomic E-state index is 12.5. The van der Waals surface area contributed by atoms with Crippen molar-refractivity contribution in [3.05, 3.63) is 10.7 Å². The molecular weight excluding hydrogens is 270 g/mol. The van der Waals surface area contributed by atoms with E-state index in [-0.39, 0.29) is 0 Å². The predicted octanol–water partition coefficient (Wildman–Crippen LogP) is 0.990. The zero-order valence-corrected chi connectivity index (χ0v) is 12.6. The van der Waals surface area contributed by atoms with Crippen molar-refractivity contribution in [2.75, 3.05) is 26.7 Å². The van der Waals surface area contributed by atoms with Gasteiger partial charge in [0.25, 0.3) is 10.0 Å². The van der Waals surface area contributed by atoms with Crippen LogP contribution in [0.15, 0.2) is 4.21 Å². The highest BCUT2D eigenvalue weighted by Crippen LogP contribution is 2.29. The van der Waals surface area contributed by atoms with Gasteiger partial charge < -0.3 is 5.32 Å². The molecule has 0 spiro atoms. The number of aryl methyl sites for hydroxylation is 2. The highest BCUT2D eigenvalue weighted by molar-refractivity contribution is 7.91. The minimum Gasteiger partial charge on any atom is -0.319 e. The van der Waals surface area contributed by atoms with Crippen LogP contribution < -0.4 is 5.32 Å². The summed E-state index contributed by atoms with van der Waals surface area (Å²) >= 11 is 1.27. The van der Waals surface area contributed by atoms with Gasteiger partial charge in [-0.2, -0.15) is 4.31 Å². The average molecular weight is 289 g/mol. The second-order valence-electron chi connectivity index (χ2n) is 4.68. The number of aromatic nitrogens is 1. The van der Waals surface area contributed by atoms with E-state index in [9.17, 15) is 8.42 Å². The molecule has 1 N–H and O–H groups in total. The van der Waals surface area contributed by atoms with E-state index in [1.54, 1.807) is 11.2 Å². The number of nitrogens with zero attached hydrogens (tertiary/aromatic N) is 2. The van der Waals surface area contributed by atoms with Gasteiger partial charge in [-0.1, -0.05) is 0 Å². The van der Waals surface area contributed by atoms with Crippen molar-refractivity contribution in [3.63, 3.8) is 0 Å². The summed E-state index contributed by atoms with van der Waals surface area (Å²) in [7, 11) is -1.44. The summed E-state index contributed by atoms with van der Waals surface area (Å²) in [6, 6.07) is 0. The quantitative estimate of drug-likeness (QED) is 0.898. The van der Waals surface area contributed by atoms with Gasteiger partial charge in [0.05, 0.1) is 10.7 Å². The van der Waals surface area contributed by atoms with Gasteiger partial charge in [-0.3, -0.25) is 0 Å². The summed E-state index contributed by atoms with van der Waals surface area (Å²) in [6.45, 7) is 5.69. The third-order valence-corrected chi connectivity index (χ3v) is 6.70. The molecule has 1 aliphatic heterocycles. The van der Waals surface area contributed by atoms with Gasteiger partial charge in [0.15, 0.2) is 4.21 Å². The van der Waals surface area contributed by atoms with Crippen LogP contribution >= 0.6 is 11.3 Å². The Kier molecular flexibility index (Phi) is 4.05. The molecule has 0 amide bonds. The van der Waals surface area contributed by atoms with E-state index in [0.717, 1.165) is 18.0 Å². The van der Waals surface area contributed by atoms with E-state index in [1.807, 2.05) is 14.0 Å². The molecule has 1 aromatic rings. The molecule has 0 saturated carbocycles. The molecule has 18 heavy (non-hydrogen) atoms. The van der Waals surface area contributed by atoms with E-state index in [4.69, 9.17) is 0 Å². The van der Waals surface area contributed by atoms with E-state index >= 15 is 0 Å². The number of nitrogens with one attached hydrogen (secondary N) is 1. The lowest BCUT2D eigenvalue weighted by molar-refractivity contribution is 0.452. The van der Waals surface area contributed by atoms with Gasteiger partial charge in [0.1, 0.15) is 0 Å². The van der Waals surface area contributed by atoms with Crippen molar-refractivity contribution >= 4 is 21.4 Å². The number of hydrogen-bond acceptors (Lipinski definition) is 5. The molecule has 1 aromatic heterocycles. The topological polar surface area (TPSA) is 62.3 Å². The summed E-state index contributed by atoms with van der Waals surface area (Å²) in [5, 5.41) is 3.91. The highest BCUT2D eigenvalue weighted by Gasteiger charge is 2.34. The van der Waals surface area contributed by atoms with Gasteiger partial charge in [-0.25, -0.2) is 13.4 Å². The van der Waals surface area contributed by atoms with Crippen LogP contribution in [0.5, 0.6) is 0 Å². The summed E-state index contributed by atoms with van der Waals surface area (Å²) in [6.07, 6.45) is 0.927. The summed E-state index contributed by atoms with van der Waals surface area (Å²) in [5.74, 6) is 0.416. The molecule has 1 aliphatic rings. The molecule has 7 heteroatoms. The molecule has 5 nitrogen and oxygen atoms in total. The Bertz CT molecular complexity index is 524. The van der Waals surface area contributed by atoms with Crippen molar-refractivity contribution in [3.8, 4) is 0 Å². The van der Waals surface area contributed by atoms with Crippen LogP contribution in [0.25, 0.3) is 0 Å². The van der Waals surface area contributed by atoms with Crippen LogP contribution in [0.3, 0.4) is 0 Å². The molecule has 1 atom stereocenters. The average Bonchev–Trinajstić information content (AvgIpc) is 2.86. The lowest BCUT2D eigenvalue weighted by Crippen LogP contribution is -2.30. The standard InChI is InChI=1S/C11H19N3O2S2/c1-8-11(17-9(2)13-8)18(15,16)14-5-4-10(7-14)6-12-3/h10,12H,4-7H2,1-3H3. The maximum Gasteiger partial charge on any atom is 0.254 e. The Morgan fingerprint density at radius 3 is 2.78 bits per heavy atom. The van der Waals surface area contributed by atoms with Gasteiger partial charge in [-0.15, -0.1) is 11.3 Å². The van der Waals surface area contributed by atoms with Crippen LogP contribution in [-0.2, 0) is 10.0 Å². The first-order valence-corrected chi connectivity index (χ1v) is 8.29. The lowest BCUT2D eigenvalue weighted by Gasteiger charge is -2.15. The largest absolute Gasteiger partial charge is 0.319 e. The second-order valence-corrected chi connectivity index (χ2v) is 8.02. The van der Waals surface area contributed by atoms with Crippen molar-refractivity contribution in [2.24, 2.45) is 5.92 Å². The highest BCUT2D eigenvalue weighted by atomic mass is 32.2. The normalized spacial score (nSPS) is 21.6. The first kappa shape index (κ1) is 13.9. The molecule has 0 radical (unpaired) electrons. The molecule has 1 unspecified atom stereocenters. The zero-order valence-electron chi connectivity index (χ0n) is 10.9. The van der Waals surface area contributed by atoms with E-state index in [0.29, 0.717) is 28.9 Å². The van der Waals surface area contributed by atoms with Gasteiger partial charge in [-0.05, 0) is 39.8 Å². The van der Waals surface area contributed by atoms with Crippen LogP contribution in [-0.4, -0.2) is 44.4 Å². The monoisotopic (exact) mass is 289 g/mol. The van der Waals surface area contributed by atoms with E-state index in [2.05, 4.69) is 10.3 Å². The van der Waals surface area contributed by atoms with Gasteiger partial charge in [0, 0.05) is 13.1 Å². The Balaban J connectivity index is 2.20. The van der Waals surface area contributed by atoms with Gasteiger partial charge >= 0.3 is 0 Å². The number of hydrogen-bond donors (Lipinski definition) is 1. The lowest BCUT2D eigenvalue weighted by atomic mass is 10.1. The SMILES string of the molecule is CNCC1CCN(S(=O)(=O)c2sc(C)nc2C)C1. The molecule has 1 fully saturated rings. The Hall–Kier alpha value is -0.500. The van der Waals surface area contributed by atoms with Crippen LogP contribution in [0.1, 0.15) is 17.1 Å². The molecule has 102 valence electrons. The molecule has 2 rings (SSSR count). The predicted molar refractivity (Wildman–Crippen MR) is 72.4 cm³/mol. The van der Waals surface area contributed by atoms with Crippen LogP contribution in [0.4, 0.5) is 0 Å². The van der Waals surface area contributed by atoms with Crippen molar-refractivity contribution in [2.45, 2.75) is 24.5 Å². The van der Waals surface area contributed by atoms with Crippen molar-refractivity contribution in [1.82, 2.24) is 14.6 Å². The fourth-order valence-corrected chi connectivity index (χ4v) is 5.49. The van der Waals surface area contributed by atoms with Gasteiger partial charge in [0.2, 0.25) is 0 Å². The van der Waals surface area contributed by atoms with E-state index < -0.39 is 10.0 Å². The Morgan fingerprint density at radius 1 is 1.50 bits per heavy atom. The molecule has 0 bridgehead atoms. The molecular formula is C11H19N3O2S2. The summed E-state index contributed by atoms with van der Waals surface area (Å²) < 4.78 is 27.0. The third-order valence-electron chi connectivity index (χ3n) is 3.18. The van der Waals surface area contributed by atoms with Crippen molar-refractivity contribution in [1.29, 1.82) is 0 Å². The molecule has 1 saturated heterocycles. The first-order chi connectivity index (χ1) is 8.45. The molecule has 0 aliphatic carbocycles. The fraction of sp³-hybridized carbons (Fsp3) is 0.727. The third kappa shape index (κ3) is 2.59. The number of sulfonamides is 1. The molecule has 0 aromatic carbocycles. The molecule has 2 heterocycles. The minimum absolute atomic E-state index is 0.408. The first-order valence-electron chi connectivity index (χ1n) is 6.04. The number of rotatable bonds is 4. The number of thiazole rings is 1. The smallest absolute Gasteiger partial charge is 0.254 e.